The van der Waals surface area contributed by atoms with Crippen molar-refractivity contribution in [2.75, 3.05) is 10.6 Å². The van der Waals surface area contributed by atoms with E-state index in [0.29, 0.717) is 11.4 Å². The van der Waals surface area contributed by atoms with Crippen molar-refractivity contribution in [1.29, 1.82) is 0 Å². The van der Waals surface area contributed by atoms with Crippen LogP contribution in [0.1, 0.15) is 32.4 Å². The molecule has 2 aromatic rings. The summed E-state index contributed by atoms with van der Waals surface area (Å²) in [5, 5.41) is 8.34. The first kappa shape index (κ1) is 22.5. The molecule has 0 saturated heterocycles. The van der Waals surface area contributed by atoms with Crippen molar-refractivity contribution < 1.29 is 9.59 Å². The summed E-state index contributed by atoms with van der Waals surface area (Å²) in [6.45, 7) is 5.58. The Morgan fingerprint density at radius 1 is 0.852 bits per heavy atom. The summed E-state index contributed by atoms with van der Waals surface area (Å²) in [7, 11) is 0. The van der Waals surface area contributed by atoms with Gasteiger partial charge in [0.1, 0.15) is 0 Å². The molecule has 0 aliphatic rings. The molecule has 2 aromatic carbocycles. The Morgan fingerprint density at radius 2 is 1.37 bits per heavy atom. The molecular weight excluding hydrogens is 364 g/mol. The van der Waals surface area contributed by atoms with Gasteiger partial charge in [-0.2, -0.15) is 0 Å². The van der Waals surface area contributed by atoms with E-state index in [0.717, 1.165) is 5.56 Å². The van der Waals surface area contributed by atoms with Crippen molar-refractivity contribution in [3.8, 4) is 0 Å². The fourth-order valence-corrected chi connectivity index (χ4v) is 2.45. The normalized spacial score (nSPS) is 12.5. The maximum atomic E-state index is 12.4. The Kier molecular flexibility index (Phi) is 8.78. The van der Waals surface area contributed by atoms with Gasteiger partial charge in [-0.25, -0.2) is 4.79 Å². The van der Waals surface area contributed by atoms with Crippen LogP contribution in [0.15, 0.2) is 54.6 Å². The van der Waals surface area contributed by atoms with Crippen molar-refractivity contribution >= 4 is 35.7 Å². The SMILES string of the molecule is CC(C)NC(=O)Nc1ccc(NC(=O)C(C)C(N)c2ccccc2)cc1.Cl. The highest BCUT2D eigenvalue weighted by Crippen LogP contribution is 2.21. The standard InChI is InChI=1S/C20H26N4O2.ClH/c1-13(2)22-20(26)24-17-11-9-16(10-12-17)23-19(25)14(3)18(21)15-7-5-4-6-8-15;/h4-14,18H,21H2,1-3H3,(H,23,25)(H2,22,24,26);1H. The highest BCUT2D eigenvalue weighted by Gasteiger charge is 2.22. The minimum Gasteiger partial charge on any atom is -0.336 e. The number of amides is 3. The van der Waals surface area contributed by atoms with Crippen molar-refractivity contribution in [3.63, 3.8) is 0 Å². The van der Waals surface area contributed by atoms with E-state index in [2.05, 4.69) is 16.0 Å². The van der Waals surface area contributed by atoms with Crippen molar-refractivity contribution in [2.24, 2.45) is 11.7 Å². The molecule has 27 heavy (non-hydrogen) atoms. The van der Waals surface area contributed by atoms with Crippen LogP contribution in [0.25, 0.3) is 0 Å². The second-order valence-electron chi connectivity index (χ2n) is 6.54. The first-order valence-electron chi connectivity index (χ1n) is 8.66. The number of halogens is 1. The molecule has 0 fully saturated rings. The Morgan fingerprint density at radius 3 is 1.89 bits per heavy atom. The predicted molar refractivity (Wildman–Crippen MR) is 112 cm³/mol. The number of hydrogen-bond acceptors (Lipinski definition) is 3. The number of anilines is 2. The molecule has 3 amide bonds. The third-order valence-electron chi connectivity index (χ3n) is 3.97. The Labute approximate surface area is 166 Å². The van der Waals surface area contributed by atoms with Gasteiger partial charge in [0, 0.05) is 23.5 Å². The minimum absolute atomic E-state index is 0. The number of rotatable bonds is 6. The molecule has 0 heterocycles. The van der Waals surface area contributed by atoms with Crippen molar-refractivity contribution in [3.05, 3.63) is 60.2 Å². The summed E-state index contributed by atoms with van der Waals surface area (Å²) in [4.78, 5) is 24.1. The van der Waals surface area contributed by atoms with Crippen LogP contribution in [0.4, 0.5) is 16.2 Å². The van der Waals surface area contributed by atoms with E-state index < -0.39 is 0 Å². The van der Waals surface area contributed by atoms with Crippen molar-refractivity contribution in [2.45, 2.75) is 32.9 Å². The van der Waals surface area contributed by atoms with E-state index in [1.54, 1.807) is 31.2 Å². The maximum Gasteiger partial charge on any atom is 0.319 e. The van der Waals surface area contributed by atoms with Crippen LogP contribution in [0.2, 0.25) is 0 Å². The second kappa shape index (κ2) is 10.5. The van der Waals surface area contributed by atoms with Gasteiger partial charge in [-0.3, -0.25) is 4.79 Å². The quantitative estimate of drug-likeness (QED) is 0.602. The summed E-state index contributed by atoms with van der Waals surface area (Å²) < 4.78 is 0. The molecule has 5 N–H and O–H groups in total. The molecule has 0 spiro atoms. The van der Waals surface area contributed by atoms with E-state index in [4.69, 9.17) is 5.73 Å². The summed E-state index contributed by atoms with van der Waals surface area (Å²) >= 11 is 0. The van der Waals surface area contributed by atoms with Gasteiger partial charge in [0.25, 0.3) is 0 Å². The molecule has 0 saturated carbocycles. The van der Waals surface area contributed by atoms with Crippen LogP contribution in [0, 0.1) is 5.92 Å². The smallest absolute Gasteiger partial charge is 0.319 e. The summed E-state index contributed by atoms with van der Waals surface area (Å²) in [5.41, 5.74) is 8.42. The lowest BCUT2D eigenvalue weighted by Crippen LogP contribution is -2.34. The third kappa shape index (κ3) is 6.92. The van der Waals surface area contributed by atoms with Crippen LogP contribution < -0.4 is 21.7 Å². The number of urea groups is 1. The van der Waals surface area contributed by atoms with E-state index in [1.165, 1.54) is 0 Å². The Bertz CT molecular complexity index is 735. The maximum absolute atomic E-state index is 12.4. The van der Waals surface area contributed by atoms with E-state index in [1.807, 2.05) is 44.2 Å². The van der Waals surface area contributed by atoms with Gasteiger partial charge in [0.05, 0.1) is 5.92 Å². The molecular formula is C20H27ClN4O2. The lowest BCUT2D eigenvalue weighted by atomic mass is 9.94. The molecule has 0 aliphatic heterocycles. The van der Waals surface area contributed by atoms with Gasteiger partial charge < -0.3 is 21.7 Å². The largest absolute Gasteiger partial charge is 0.336 e. The molecule has 7 heteroatoms. The topological polar surface area (TPSA) is 96.2 Å². The highest BCUT2D eigenvalue weighted by molar-refractivity contribution is 5.94. The summed E-state index contributed by atoms with van der Waals surface area (Å²) in [6, 6.07) is 15.9. The molecule has 0 radical (unpaired) electrons. The van der Waals surface area contributed by atoms with Crippen LogP contribution in [0.5, 0.6) is 0 Å². The summed E-state index contributed by atoms with van der Waals surface area (Å²) in [5.74, 6) is -0.536. The average Bonchev–Trinajstić information content (AvgIpc) is 2.62. The predicted octanol–water partition coefficient (Wildman–Crippen LogP) is 3.91. The highest BCUT2D eigenvalue weighted by atomic mass is 35.5. The molecule has 0 aromatic heterocycles. The Balaban J connectivity index is 0.00000364. The summed E-state index contributed by atoms with van der Waals surface area (Å²) in [6.07, 6.45) is 0. The van der Waals surface area contributed by atoms with E-state index in [-0.39, 0.29) is 42.3 Å². The number of benzene rings is 2. The van der Waals surface area contributed by atoms with Crippen molar-refractivity contribution in [1.82, 2.24) is 5.32 Å². The van der Waals surface area contributed by atoms with Gasteiger partial charge in [0.2, 0.25) is 5.91 Å². The van der Waals surface area contributed by atoms with Gasteiger partial charge in [-0.05, 0) is 43.7 Å². The molecule has 6 nitrogen and oxygen atoms in total. The number of nitrogens with two attached hydrogens (primary N) is 1. The molecule has 2 atom stereocenters. The van der Waals surface area contributed by atoms with E-state index >= 15 is 0 Å². The fraction of sp³-hybridized carbons (Fsp3) is 0.300. The number of hydrogen-bond donors (Lipinski definition) is 4. The van der Waals surface area contributed by atoms with Gasteiger partial charge >= 0.3 is 6.03 Å². The molecule has 2 rings (SSSR count). The minimum atomic E-state index is -0.382. The monoisotopic (exact) mass is 390 g/mol. The Hall–Kier alpha value is -2.57. The van der Waals surface area contributed by atoms with Crippen LogP contribution >= 0.6 is 12.4 Å². The first-order valence-corrected chi connectivity index (χ1v) is 8.66. The number of nitrogens with one attached hydrogen (secondary N) is 3. The second-order valence-corrected chi connectivity index (χ2v) is 6.54. The molecule has 146 valence electrons. The lowest BCUT2D eigenvalue weighted by molar-refractivity contribution is -0.120. The first-order chi connectivity index (χ1) is 12.4. The van der Waals surface area contributed by atoms with Crippen LogP contribution in [0.3, 0.4) is 0 Å². The molecule has 2 unspecified atom stereocenters. The zero-order valence-corrected chi connectivity index (χ0v) is 16.5. The average molecular weight is 391 g/mol. The fourth-order valence-electron chi connectivity index (χ4n) is 2.45. The number of carbonyl (C=O) groups excluding carboxylic acids is 2. The van der Waals surface area contributed by atoms with E-state index in [9.17, 15) is 9.59 Å². The zero-order valence-electron chi connectivity index (χ0n) is 15.7. The van der Waals surface area contributed by atoms with Gasteiger partial charge in [0.15, 0.2) is 0 Å². The van der Waals surface area contributed by atoms with Crippen LogP contribution in [-0.2, 0) is 4.79 Å². The lowest BCUT2D eigenvalue weighted by Gasteiger charge is -2.20. The van der Waals surface area contributed by atoms with Crippen LogP contribution in [-0.4, -0.2) is 18.0 Å². The number of carbonyl (C=O) groups is 2. The van der Waals surface area contributed by atoms with Gasteiger partial charge in [-0.1, -0.05) is 37.3 Å². The molecule has 0 bridgehead atoms. The van der Waals surface area contributed by atoms with Gasteiger partial charge in [-0.15, -0.1) is 12.4 Å². The molecule has 0 aliphatic carbocycles. The third-order valence-corrected chi connectivity index (χ3v) is 3.97. The zero-order chi connectivity index (χ0) is 19.1.